The quantitative estimate of drug-likeness (QED) is 0.0261. The van der Waals surface area contributed by atoms with E-state index in [1.807, 2.05) is 0 Å². The smallest absolute Gasteiger partial charge is 0.306 e. The second-order valence-electron chi connectivity index (χ2n) is 21.6. The Kier molecular flexibility index (Phi) is 60.7. The molecule has 0 rings (SSSR count). The zero-order valence-corrected chi connectivity index (χ0v) is 49.8. The van der Waals surface area contributed by atoms with Gasteiger partial charge in [0, 0.05) is 19.3 Å². The zero-order valence-electron chi connectivity index (χ0n) is 49.8. The normalized spacial score (nSPS) is 12.5. The predicted octanol–water partition coefficient (Wildman–Crippen LogP) is 22.1. The van der Waals surface area contributed by atoms with E-state index in [9.17, 15) is 14.4 Å². The van der Waals surface area contributed by atoms with E-state index in [1.165, 1.54) is 193 Å². The highest BCUT2D eigenvalue weighted by Gasteiger charge is 2.19. The highest BCUT2D eigenvalue weighted by atomic mass is 16.6. The first-order valence-corrected chi connectivity index (χ1v) is 32.4. The minimum atomic E-state index is -0.793. The Morgan fingerprint density at radius 3 is 0.840 bits per heavy atom. The SMILES string of the molecule is CC/C=C\C/C=C\C/C=C\C/C=C\C/C=C\CCCCCC(=O)O[C@H](COC(=O)CCCCCCCCCCCCC/C=C\CCCCCCCC)COC(=O)CCCCCCCCCCCCCCCCCCC. The van der Waals surface area contributed by atoms with E-state index in [0.29, 0.717) is 19.3 Å². The molecule has 75 heavy (non-hydrogen) atoms. The van der Waals surface area contributed by atoms with E-state index < -0.39 is 6.10 Å². The number of hydrogen-bond donors (Lipinski definition) is 0. The number of allylic oxidation sites excluding steroid dienone is 12. The Hall–Kier alpha value is -3.15. The fraction of sp³-hybridized carbons (Fsp3) is 0.783. The number of unbranched alkanes of at least 4 members (excludes halogenated alkanes) is 36. The number of esters is 3. The molecule has 0 saturated carbocycles. The van der Waals surface area contributed by atoms with Gasteiger partial charge in [0.15, 0.2) is 6.10 Å². The molecule has 0 radical (unpaired) electrons. The summed E-state index contributed by atoms with van der Waals surface area (Å²) in [6.45, 7) is 6.54. The average molecular weight is 1050 g/mol. The Balaban J connectivity index is 4.40. The average Bonchev–Trinajstić information content (AvgIpc) is 3.41. The molecular formula is C69H122O6. The maximum absolute atomic E-state index is 12.9. The van der Waals surface area contributed by atoms with E-state index in [2.05, 4.69) is 93.7 Å². The lowest BCUT2D eigenvalue weighted by Crippen LogP contribution is -2.30. The molecule has 0 bridgehead atoms. The topological polar surface area (TPSA) is 78.9 Å². The molecule has 0 aliphatic rings. The van der Waals surface area contributed by atoms with Gasteiger partial charge in [-0.3, -0.25) is 14.4 Å². The molecule has 0 aromatic rings. The molecule has 0 saturated heterocycles. The summed E-state index contributed by atoms with van der Waals surface area (Å²) >= 11 is 0. The van der Waals surface area contributed by atoms with E-state index in [4.69, 9.17) is 14.2 Å². The van der Waals surface area contributed by atoms with Crippen molar-refractivity contribution in [3.05, 3.63) is 72.9 Å². The van der Waals surface area contributed by atoms with Crippen LogP contribution in [-0.2, 0) is 28.6 Å². The first-order valence-electron chi connectivity index (χ1n) is 32.4. The number of ether oxygens (including phenoxy) is 3. The van der Waals surface area contributed by atoms with E-state index in [-0.39, 0.29) is 31.1 Å². The van der Waals surface area contributed by atoms with Crippen LogP contribution in [0.25, 0.3) is 0 Å². The van der Waals surface area contributed by atoms with Crippen LogP contribution in [0.2, 0.25) is 0 Å². The van der Waals surface area contributed by atoms with Crippen molar-refractivity contribution in [3.63, 3.8) is 0 Å². The highest BCUT2D eigenvalue weighted by Crippen LogP contribution is 2.17. The van der Waals surface area contributed by atoms with Crippen molar-refractivity contribution < 1.29 is 28.6 Å². The fourth-order valence-corrected chi connectivity index (χ4v) is 9.35. The molecule has 0 fully saturated rings. The fourth-order valence-electron chi connectivity index (χ4n) is 9.35. The van der Waals surface area contributed by atoms with Crippen molar-refractivity contribution in [1.29, 1.82) is 0 Å². The summed E-state index contributed by atoms with van der Waals surface area (Å²) in [4.78, 5) is 38.3. The van der Waals surface area contributed by atoms with Crippen LogP contribution in [0.5, 0.6) is 0 Å². The molecule has 1 atom stereocenters. The van der Waals surface area contributed by atoms with Crippen molar-refractivity contribution in [1.82, 2.24) is 0 Å². The first kappa shape index (κ1) is 71.8. The van der Waals surface area contributed by atoms with Gasteiger partial charge in [0.25, 0.3) is 0 Å². The molecule has 0 spiro atoms. The third-order valence-electron chi connectivity index (χ3n) is 14.2. The van der Waals surface area contributed by atoms with Gasteiger partial charge in [-0.2, -0.15) is 0 Å². The van der Waals surface area contributed by atoms with Crippen LogP contribution in [0.15, 0.2) is 72.9 Å². The second-order valence-corrected chi connectivity index (χ2v) is 21.6. The van der Waals surface area contributed by atoms with E-state index in [1.54, 1.807) is 0 Å². The van der Waals surface area contributed by atoms with Gasteiger partial charge in [-0.1, -0.05) is 293 Å². The summed E-state index contributed by atoms with van der Waals surface area (Å²) in [7, 11) is 0. The Morgan fingerprint density at radius 2 is 0.520 bits per heavy atom. The largest absolute Gasteiger partial charge is 0.462 e. The number of carbonyl (C=O) groups is 3. The molecule has 0 aliphatic heterocycles. The zero-order chi connectivity index (χ0) is 54.3. The summed E-state index contributed by atoms with van der Waals surface area (Å²) in [6.07, 6.45) is 81.9. The van der Waals surface area contributed by atoms with Crippen molar-refractivity contribution in [3.8, 4) is 0 Å². The van der Waals surface area contributed by atoms with Gasteiger partial charge in [-0.15, -0.1) is 0 Å². The monoisotopic (exact) mass is 1050 g/mol. The van der Waals surface area contributed by atoms with Crippen molar-refractivity contribution >= 4 is 17.9 Å². The molecule has 434 valence electrons. The summed E-state index contributed by atoms with van der Waals surface area (Å²) in [5.41, 5.74) is 0. The van der Waals surface area contributed by atoms with Gasteiger partial charge < -0.3 is 14.2 Å². The van der Waals surface area contributed by atoms with Gasteiger partial charge in [-0.05, 0) is 89.9 Å². The molecule has 6 heteroatoms. The number of carbonyl (C=O) groups excluding carboxylic acids is 3. The molecule has 0 aromatic heterocycles. The lowest BCUT2D eigenvalue weighted by molar-refractivity contribution is -0.167. The molecule has 0 aliphatic carbocycles. The molecule has 0 heterocycles. The molecule has 0 N–H and O–H groups in total. The van der Waals surface area contributed by atoms with Crippen molar-refractivity contribution in [2.75, 3.05) is 13.2 Å². The maximum Gasteiger partial charge on any atom is 0.306 e. The minimum Gasteiger partial charge on any atom is -0.462 e. The molecular weight excluding hydrogens is 925 g/mol. The summed E-state index contributed by atoms with van der Waals surface area (Å²) in [5.74, 6) is -0.901. The number of rotatable bonds is 59. The van der Waals surface area contributed by atoms with E-state index in [0.717, 1.165) is 96.3 Å². The standard InChI is InChI=1S/C69H122O6/c1-4-7-10-13-16-19-22-25-28-31-33-34-36-38-41-44-47-50-53-56-59-62-68(71)74-65-66(64-73-67(70)61-58-55-52-49-46-43-40-37-30-27-24-21-18-15-12-9-6-3)75-69(72)63-60-57-54-51-48-45-42-39-35-32-29-26-23-20-17-14-11-8-5-2/h8,11,17,20,25-26,28-29,35,39,45,48,66H,4-7,9-10,12-16,18-19,21-24,27,30-34,36-38,40-44,46-47,49-65H2,1-3H3/b11-8-,20-17-,28-25-,29-26-,39-35-,48-45-/t66-/m0/s1. The maximum atomic E-state index is 12.9. The predicted molar refractivity (Wildman–Crippen MR) is 325 cm³/mol. The number of hydrogen-bond acceptors (Lipinski definition) is 6. The first-order chi connectivity index (χ1) is 37.0. The van der Waals surface area contributed by atoms with Crippen LogP contribution in [0, 0.1) is 0 Å². The third kappa shape index (κ3) is 61.6. The lowest BCUT2D eigenvalue weighted by Gasteiger charge is -2.18. The summed E-state index contributed by atoms with van der Waals surface area (Å²) in [5, 5.41) is 0. The molecule has 0 aromatic carbocycles. The summed E-state index contributed by atoms with van der Waals surface area (Å²) < 4.78 is 16.9. The van der Waals surface area contributed by atoms with Gasteiger partial charge in [-0.25, -0.2) is 0 Å². The summed E-state index contributed by atoms with van der Waals surface area (Å²) in [6, 6.07) is 0. The second kappa shape index (κ2) is 63.4. The Bertz CT molecular complexity index is 1390. The molecule has 0 unspecified atom stereocenters. The highest BCUT2D eigenvalue weighted by molar-refractivity contribution is 5.71. The van der Waals surface area contributed by atoms with Gasteiger partial charge in [0.2, 0.25) is 0 Å². The van der Waals surface area contributed by atoms with Crippen molar-refractivity contribution in [2.24, 2.45) is 0 Å². The van der Waals surface area contributed by atoms with Crippen LogP contribution in [0.3, 0.4) is 0 Å². The minimum absolute atomic E-state index is 0.0857. The van der Waals surface area contributed by atoms with Gasteiger partial charge >= 0.3 is 17.9 Å². The van der Waals surface area contributed by atoms with Crippen molar-refractivity contribution in [2.45, 2.75) is 335 Å². The Morgan fingerprint density at radius 1 is 0.280 bits per heavy atom. The molecule has 0 amide bonds. The van der Waals surface area contributed by atoms with Gasteiger partial charge in [0.05, 0.1) is 0 Å². The van der Waals surface area contributed by atoms with Crippen LogP contribution >= 0.6 is 0 Å². The molecule has 6 nitrogen and oxygen atoms in total. The van der Waals surface area contributed by atoms with Gasteiger partial charge in [0.1, 0.15) is 13.2 Å². The lowest BCUT2D eigenvalue weighted by atomic mass is 10.0. The van der Waals surface area contributed by atoms with Crippen LogP contribution in [-0.4, -0.2) is 37.2 Å². The van der Waals surface area contributed by atoms with Crippen LogP contribution in [0.4, 0.5) is 0 Å². The van der Waals surface area contributed by atoms with Crippen LogP contribution in [0.1, 0.15) is 329 Å². The Labute approximate surface area is 465 Å². The third-order valence-corrected chi connectivity index (χ3v) is 14.2. The van der Waals surface area contributed by atoms with E-state index >= 15 is 0 Å². The van der Waals surface area contributed by atoms with Crippen LogP contribution < -0.4 is 0 Å².